The minimum Gasteiger partial charge on any atom is -0.462 e. The van der Waals surface area contributed by atoms with Crippen molar-refractivity contribution in [3.63, 3.8) is 0 Å². The second-order valence-electron chi connectivity index (χ2n) is 6.64. The molecule has 2 amide bonds. The summed E-state index contributed by atoms with van der Waals surface area (Å²) in [4.78, 5) is 39.5. The van der Waals surface area contributed by atoms with Crippen LogP contribution < -0.4 is 0 Å². The van der Waals surface area contributed by atoms with Crippen LogP contribution in [0.3, 0.4) is 0 Å². The van der Waals surface area contributed by atoms with Gasteiger partial charge < -0.3 is 9.64 Å². The summed E-state index contributed by atoms with van der Waals surface area (Å²) in [5.41, 5.74) is 1.03. The number of carbonyl (C=O) groups excluding carboxylic acids is 3. The molecule has 3 aliphatic heterocycles. The molecular formula is C19H17N3O6S. The Morgan fingerprint density at radius 1 is 1.10 bits per heavy atom. The summed E-state index contributed by atoms with van der Waals surface area (Å²) in [6, 6.07) is 6.63. The van der Waals surface area contributed by atoms with Gasteiger partial charge in [-0.1, -0.05) is 12.1 Å². The van der Waals surface area contributed by atoms with Crippen LogP contribution in [0.4, 0.5) is 0 Å². The second-order valence-corrected chi connectivity index (χ2v) is 8.40. The van der Waals surface area contributed by atoms with Gasteiger partial charge in [0.25, 0.3) is 21.8 Å². The lowest BCUT2D eigenvalue weighted by molar-refractivity contribution is -0.138. The van der Waals surface area contributed by atoms with E-state index in [1.807, 2.05) is 0 Å². The van der Waals surface area contributed by atoms with Crippen molar-refractivity contribution in [2.45, 2.75) is 6.42 Å². The summed E-state index contributed by atoms with van der Waals surface area (Å²) in [6.07, 6.45) is 4.71. The van der Waals surface area contributed by atoms with Gasteiger partial charge in [0, 0.05) is 19.3 Å². The first-order chi connectivity index (χ1) is 13.9. The highest BCUT2D eigenvalue weighted by Crippen LogP contribution is 2.22. The quantitative estimate of drug-likeness (QED) is 0.395. The van der Waals surface area contributed by atoms with Crippen LogP contribution in [-0.4, -0.2) is 67.3 Å². The second kappa shape index (κ2) is 7.28. The average molecular weight is 415 g/mol. The Morgan fingerprint density at radius 3 is 2.48 bits per heavy atom. The standard InChI is InChI=1S/C19H17N3O6S/c23-17-14-4-1-2-5-15(14)18(24)22(17)8-3-10-28-19(25)13-6-7-16-20-29(26,27)11-9-21(16)12-13/h1-2,4-7,12H,3,8-11H2. The molecule has 150 valence electrons. The predicted molar refractivity (Wildman–Crippen MR) is 103 cm³/mol. The van der Waals surface area contributed by atoms with E-state index in [1.165, 1.54) is 18.4 Å². The topological polar surface area (TPSA) is 113 Å². The molecular weight excluding hydrogens is 398 g/mol. The van der Waals surface area contributed by atoms with Crippen molar-refractivity contribution >= 4 is 33.6 Å². The number of rotatable bonds is 5. The fourth-order valence-corrected chi connectivity index (χ4v) is 4.20. The number of esters is 1. The minimum atomic E-state index is -3.46. The molecule has 3 heterocycles. The van der Waals surface area contributed by atoms with Crippen LogP contribution in [0.2, 0.25) is 0 Å². The number of hydrogen-bond acceptors (Lipinski definition) is 7. The zero-order valence-corrected chi connectivity index (χ0v) is 16.1. The number of benzene rings is 1. The van der Waals surface area contributed by atoms with Crippen LogP contribution in [-0.2, 0) is 19.6 Å². The lowest BCUT2D eigenvalue weighted by Crippen LogP contribution is -2.37. The van der Waals surface area contributed by atoms with E-state index in [2.05, 4.69) is 4.40 Å². The molecule has 10 heteroatoms. The summed E-state index contributed by atoms with van der Waals surface area (Å²) in [6.45, 7) is 0.393. The lowest BCUT2D eigenvalue weighted by Gasteiger charge is -2.26. The van der Waals surface area contributed by atoms with Gasteiger partial charge in [-0.05, 0) is 30.7 Å². The van der Waals surface area contributed by atoms with Crippen LogP contribution in [0.1, 0.15) is 27.1 Å². The molecule has 0 aromatic heterocycles. The van der Waals surface area contributed by atoms with Gasteiger partial charge >= 0.3 is 5.97 Å². The predicted octanol–water partition coefficient (Wildman–Crippen LogP) is 0.714. The maximum atomic E-state index is 12.3. The van der Waals surface area contributed by atoms with E-state index >= 15 is 0 Å². The third-order valence-corrected chi connectivity index (χ3v) is 5.86. The summed E-state index contributed by atoms with van der Waals surface area (Å²) >= 11 is 0. The molecule has 9 nitrogen and oxygen atoms in total. The molecule has 29 heavy (non-hydrogen) atoms. The third kappa shape index (κ3) is 3.70. The van der Waals surface area contributed by atoms with Crippen molar-refractivity contribution < 1.29 is 27.5 Å². The van der Waals surface area contributed by atoms with Crippen molar-refractivity contribution in [2.75, 3.05) is 25.4 Å². The molecule has 4 rings (SSSR count). The van der Waals surface area contributed by atoms with Crippen molar-refractivity contribution in [3.8, 4) is 0 Å². The van der Waals surface area contributed by atoms with Crippen LogP contribution in [0, 0.1) is 0 Å². The molecule has 0 unspecified atom stereocenters. The van der Waals surface area contributed by atoms with Gasteiger partial charge in [0.05, 0.1) is 29.1 Å². The van der Waals surface area contributed by atoms with Crippen LogP contribution >= 0.6 is 0 Å². The summed E-state index contributed by atoms with van der Waals surface area (Å²) in [5.74, 6) is -1.12. The maximum Gasteiger partial charge on any atom is 0.339 e. The summed E-state index contributed by atoms with van der Waals surface area (Å²) in [7, 11) is -3.46. The fraction of sp³-hybridized carbons (Fsp3) is 0.263. The Hall–Kier alpha value is -3.27. The minimum absolute atomic E-state index is 0.0345. The highest BCUT2D eigenvalue weighted by Gasteiger charge is 2.34. The van der Waals surface area contributed by atoms with Crippen molar-refractivity contribution in [3.05, 3.63) is 59.3 Å². The molecule has 0 bridgehead atoms. The van der Waals surface area contributed by atoms with E-state index < -0.39 is 16.0 Å². The Bertz CT molecular complexity index is 1070. The van der Waals surface area contributed by atoms with Gasteiger partial charge in [0.1, 0.15) is 5.84 Å². The van der Waals surface area contributed by atoms with Crippen LogP contribution in [0.15, 0.2) is 52.6 Å². The van der Waals surface area contributed by atoms with E-state index in [-0.39, 0.29) is 48.7 Å². The number of hydrogen-bond donors (Lipinski definition) is 0. The summed E-state index contributed by atoms with van der Waals surface area (Å²) in [5, 5.41) is 0. The van der Waals surface area contributed by atoms with E-state index in [1.54, 1.807) is 29.2 Å². The Balaban J connectivity index is 1.30. The number of nitrogens with zero attached hydrogens (tertiary/aromatic N) is 3. The molecule has 1 aromatic rings. The van der Waals surface area contributed by atoms with E-state index in [4.69, 9.17) is 4.74 Å². The zero-order valence-electron chi connectivity index (χ0n) is 15.3. The Morgan fingerprint density at radius 2 is 1.79 bits per heavy atom. The number of carbonyl (C=O) groups is 3. The van der Waals surface area contributed by atoms with Crippen molar-refractivity contribution in [1.29, 1.82) is 0 Å². The number of imide groups is 1. The number of sulfonamides is 1. The smallest absolute Gasteiger partial charge is 0.339 e. The van der Waals surface area contributed by atoms with E-state index in [0.29, 0.717) is 17.5 Å². The molecule has 0 radical (unpaired) electrons. The summed E-state index contributed by atoms with van der Waals surface area (Å²) < 4.78 is 31.9. The maximum absolute atomic E-state index is 12.3. The lowest BCUT2D eigenvalue weighted by atomic mass is 10.1. The van der Waals surface area contributed by atoms with E-state index in [0.717, 1.165) is 4.90 Å². The molecule has 0 fully saturated rings. The van der Waals surface area contributed by atoms with Gasteiger partial charge in [-0.15, -0.1) is 4.40 Å². The SMILES string of the molecule is O=C(OCCCN1C(=O)c2ccccc2C1=O)C1=CN2CCS(=O)(=O)N=C2C=C1. The van der Waals surface area contributed by atoms with Gasteiger partial charge in [-0.25, -0.2) is 13.2 Å². The normalized spacial score (nSPS) is 19.4. The molecule has 3 aliphatic rings. The Kier molecular flexibility index (Phi) is 4.79. The third-order valence-electron chi connectivity index (χ3n) is 4.70. The monoisotopic (exact) mass is 415 g/mol. The Labute approximate surface area is 167 Å². The van der Waals surface area contributed by atoms with Gasteiger partial charge in [0.15, 0.2) is 0 Å². The highest BCUT2D eigenvalue weighted by molar-refractivity contribution is 7.90. The molecule has 0 atom stereocenters. The number of fused-ring (bicyclic) bond motifs is 2. The number of ether oxygens (including phenoxy) is 1. The van der Waals surface area contributed by atoms with Gasteiger partial charge in [0.2, 0.25) is 0 Å². The van der Waals surface area contributed by atoms with Gasteiger partial charge in [-0.3, -0.25) is 14.5 Å². The highest BCUT2D eigenvalue weighted by atomic mass is 32.2. The molecule has 0 saturated carbocycles. The molecule has 0 N–H and O–H groups in total. The molecule has 0 aliphatic carbocycles. The van der Waals surface area contributed by atoms with Crippen LogP contribution in [0.25, 0.3) is 0 Å². The molecule has 1 aromatic carbocycles. The van der Waals surface area contributed by atoms with Crippen molar-refractivity contribution in [1.82, 2.24) is 9.80 Å². The van der Waals surface area contributed by atoms with Crippen LogP contribution in [0.5, 0.6) is 0 Å². The number of amides is 2. The first-order valence-corrected chi connectivity index (χ1v) is 10.6. The first-order valence-electron chi connectivity index (χ1n) is 8.97. The largest absolute Gasteiger partial charge is 0.462 e. The molecule has 0 saturated heterocycles. The zero-order chi connectivity index (χ0) is 20.6. The van der Waals surface area contributed by atoms with Gasteiger partial charge in [-0.2, -0.15) is 0 Å². The van der Waals surface area contributed by atoms with E-state index in [9.17, 15) is 22.8 Å². The first kappa shape index (κ1) is 19.1. The fourth-order valence-electron chi connectivity index (χ4n) is 3.23. The molecule has 0 spiro atoms. The average Bonchev–Trinajstić information content (AvgIpc) is 2.95. The van der Waals surface area contributed by atoms with Crippen molar-refractivity contribution in [2.24, 2.45) is 4.40 Å². The number of amidine groups is 1.